The minimum absolute atomic E-state index is 0.126. The van der Waals surface area contributed by atoms with Gasteiger partial charge in [-0.1, -0.05) is 18.2 Å². The van der Waals surface area contributed by atoms with Gasteiger partial charge in [0.2, 0.25) is 0 Å². The molecule has 1 heterocycles. The van der Waals surface area contributed by atoms with Crippen LogP contribution in [0, 0.1) is 0 Å². The van der Waals surface area contributed by atoms with Gasteiger partial charge in [0.25, 0.3) is 5.91 Å². The van der Waals surface area contributed by atoms with Crippen molar-refractivity contribution in [1.82, 2.24) is 4.98 Å². The number of benzene rings is 2. The molecule has 0 unspecified atom stereocenters. The monoisotopic (exact) mass is 319 g/mol. The van der Waals surface area contributed by atoms with Crippen molar-refractivity contribution in [2.75, 3.05) is 23.3 Å². The summed E-state index contributed by atoms with van der Waals surface area (Å²) < 4.78 is 0. The van der Waals surface area contributed by atoms with Crippen molar-refractivity contribution in [3.05, 3.63) is 66.4 Å². The van der Waals surface area contributed by atoms with Crippen molar-refractivity contribution in [3.8, 4) is 0 Å². The molecule has 0 bridgehead atoms. The third kappa shape index (κ3) is 3.23. The third-order valence-corrected chi connectivity index (χ3v) is 4.14. The van der Waals surface area contributed by atoms with Gasteiger partial charge >= 0.3 is 0 Å². The maximum absolute atomic E-state index is 12.5. The van der Waals surface area contributed by atoms with Gasteiger partial charge in [0.1, 0.15) is 0 Å². The molecule has 0 saturated carbocycles. The van der Waals surface area contributed by atoms with E-state index in [2.05, 4.69) is 29.0 Å². The van der Waals surface area contributed by atoms with Crippen molar-refractivity contribution >= 4 is 28.2 Å². The first kappa shape index (κ1) is 16.0. The third-order valence-electron chi connectivity index (χ3n) is 4.14. The molecule has 4 nitrogen and oxygen atoms in total. The first-order valence-corrected chi connectivity index (χ1v) is 8.23. The van der Waals surface area contributed by atoms with E-state index in [1.54, 1.807) is 6.20 Å². The summed E-state index contributed by atoms with van der Waals surface area (Å²) in [6.07, 6.45) is 1.73. The van der Waals surface area contributed by atoms with Crippen LogP contribution in [-0.4, -0.2) is 24.0 Å². The van der Waals surface area contributed by atoms with E-state index >= 15 is 0 Å². The molecule has 0 aliphatic heterocycles. The molecule has 0 saturated heterocycles. The van der Waals surface area contributed by atoms with E-state index in [-0.39, 0.29) is 5.91 Å². The van der Waals surface area contributed by atoms with Crippen LogP contribution in [0.1, 0.15) is 24.2 Å². The summed E-state index contributed by atoms with van der Waals surface area (Å²) in [6, 6.07) is 17.4. The largest absolute Gasteiger partial charge is 0.372 e. The number of amides is 1. The summed E-state index contributed by atoms with van der Waals surface area (Å²) in [5.74, 6) is -0.126. The number of nitrogens with zero attached hydrogens (tertiary/aromatic N) is 2. The molecule has 0 atom stereocenters. The molecule has 122 valence electrons. The van der Waals surface area contributed by atoms with Crippen LogP contribution in [0.3, 0.4) is 0 Å². The lowest BCUT2D eigenvalue weighted by atomic mass is 10.1. The topological polar surface area (TPSA) is 45.2 Å². The molecule has 3 aromatic rings. The second kappa shape index (κ2) is 7.13. The number of carbonyl (C=O) groups is 1. The lowest BCUT2D eigenvalue weighted by Crippen LogP contribution is -2.21. The van der Waals surface area contributed by atoms with Gasteiger partial charge in [0.05, 0.1) is 11.2 Å². The summed E-state index contributed by atoms with van der Waals surface area (Å²) in [6.45, 7) is 6.14. The molecule has 4 heteroatoms. The molecule has 0 fully saturated rings. The molecule has 0 aliphatic rings. The highest BCUT2D eigenvalue weighted by Gasteiger charge is 2.10. The lowest BCUT2D eigenvalue weighted by Gasteiger charge is -2.21. The Kier molecular flexibility index (Phi) is 4.75. The Morgan fingerprint density at radius 2 is 1.71 bits per heavy atom. The van der Waals surface area contributed by atoms with Gasteiger partial charge < -0.3 is 10.2 Å². The molecular formula is C20H21N3O. The number of para-hydroxylation sites is 1. The lowest BCUT2D eigenvalue weighted by molar-refractivity contribution is 0.102. The number of carbonyl (C=O) groups excluding carboxylic acids is 1. The predicted molar refractivity (Wildman–Crippen MR) is 99.7 cm³/mol. The van der Waals surface area contributed by atoms with Crippen molar-refractivity contribution in [2.45, 2.75) is 13.8 Å². The number of anilines is 2. The molecule has 0 radical (unpaired) electrons. The number of hydrogen-bond donors (Lipinski definition) is 1. The Bertz CT molecular complexity index is 834. The summed E-state index contributed by atoms with van der Waals surface area (Å²) in [5, 5.41) is 3.97. The Balaban J connectivity index is 1.82. The van der Waals surface area contributed by atoms with Gasteiger partial charge in [0.15, 0.2) is 0 Å². The molecule has 24 heavy (non-hydrogen) atoms. The normalized spacial score (nSPS) is 10.6. The molecule has 3 rings (SSSR count). The summed E-state index contributed by atoms with van der Waals surface area (Å²) in [5.41, 5.74) is 3.29. The highest BCUT2D eigenvalue weighted by Crippen LogP contribution is 2.22. The number of rotatable bonds is 5. The molecule has 1 aromatic heterocycles. The second-order valence-electron chi connectivity index (χ2n) is 5.55. The van der Waals surface area contributed by atoms with E-state index in [1.807, 2.05) is 54.6 Å². The van der Waals surface area contributed by atoms with Crippen LogP contribution in [0.4, 0.5) is 11.4 Å². The summed E-state index contributed by atoms with van der Waals surface area (Å²) in [7, 11) is 0. The zero-order chi connectivity index (χ0) is 16.9. The average molecular weight is 319 g/mol. The van der Waals surface area contributed by atoms with Crippen LogP contribution < -0.4 is 10.2 Å². The van der Waals surface area contributed by atoms with Crippen LogP contribution in [0.15, 0.2) is 60.8 Å². The molecule has 0 aliphatic carbocycles. The van der Waals surface area contributed by atoms with Gasteiger partial charge in [-0.15, -0.1) is 0 Å². The standard InChI is InChI=1S/C20H21N3O/c1-3-23(4-2)17-12-10-16(11-13-17)20(24)22-18-9-5-7-15-8-6-14-21-19(15)18/h5-14H,3-4H2,1-2H3,(H,22,24). The van der Waals surface area contributed by atoms with Crippen molar-refractivity contribution in [1.29, 1.82) is 0 Å². The fraction of sp³-hybridized carbons (Fsp3) is 0.200. The predicted octanol–water partition coefficient (Wildman–Crippen LogP) is 4.33. The molecule has 0 spiro atoms. The van der Waals surface area contributed by atoms with Crippen LogP contribution in [-0.2, 0) is 0 Å². The van der Waals surface area contributed by atoms with Crippen molar-refractivity contribution in [2.24, 2.45) is 0 Å². The zero-order valence-electron chi connectivity index (χ0n) is 14.0. The van der Waals surface area contributed by atoms with Crippen LogP contribution in [0.2, 0.25) is 0 Å². The number of hydrogen-bond acceptors (Lipinski definition) is 3. The van der Waals surface area contributed by atoms with Crippen LogP contribution >= 0.6 is 0 Å². The molecule has 1 amide bonds. The number of aromatic nitrogens is 1. The van der Waals surface area contributed by atoms with E-state index in [9.17, 15) is 4.79 Å². The Morgan fingerprint density at radius 1 is 1.00 bits per heavy atom. The highest BCUT2D eigenvalue weighted by atomic mass is 16.1. The minimum Gasteiger partial charge on any atom is -0.372 e. The maximum Gasteiger partial charge on any atom is 0.255 e. The SMILES string of the molecule is CCN(CC)c1ccc(C(=O)Nc2cccc3cccnc23)cc1. The van der Waals surface area contributed by atoms with E-state index in [0.29, 0.717) is 5.56 Å². The van der Waals surface area contributed by atoms with Gasteiger partial charge in [0, 0.05) is 35.9 Å². The summed E-state index contributed by atoms with van der Waals surface area (Å²) >= 11 is 0. The Labute approximate surface area is 142 Å². The number of fused-ring (bicyclic) bond motifs is 1. The van der Waals surface area contributed by atoms with Crippen molar-refractivity contribution < 1.29 is 4.79 Å². The van der Waals surface area contributed by atoms with Gasteiger partial charge in [-0.05, 0) is 50.2 Å². The first-order chi connectivity index (χ1) is 11.7. The van der Waals surface area contributed by atoms with Crippen LogP contribution in [0.5, 0.6) is 0 Å². The fourth-order valence-corrected chi connectivity index (χ4v) is 2.81. The Hall–Kier alpha value is -2.88. The number of nitrogens with one attached hydrogen (secondary N) is 1. The van der Waals surface area contributed by atoms with Crippen molar-refractivity contribution in [3.63, 3.8) is 0 Å². The minimum atomic E-state index is -0.126. The number of pyridine rings is 1. The summed E-state index contributed by atoms with van der Waals surface area (Å²) in [4.78, 5) is 19.1. The quantitative estimate of drug-likeness (QED) is 0.761. The smallest absolute Gasteiger partial charge is 0.255 e. The second-order valence-corrected chi connectivity index (χ2v) is 5.55. The molecule has 1 N–H and O–H groups in total. The van der Waals surface area contributed by atoms with Gasteiger partial charge in [-0.25, -0.2) is 0 Å². The molecule has 2 aromatic carbocycles. The van der Waals surface area contributed by atoms with Crippen LogP contribution in [0.25, 0.3) is 10.9 Å². The maximum atomic E-state index is 12.5. The van der Waals surface area contributed by atoms with Gasteiger partial charge in [-0.3, -0.25) is 9.78 Å². The first-order valence-electron chi connectivity index (χ1n) is 8.23. The average Bonchev–Trinajstić information content (AvgIpc) is 2.63. The highest BCUT2D eigenvalue weighted by molar-refractivity contribution is 6.08. The van der Waals surface area contributed by atoms with E-state index < -0.39 is 0 Å². The zero-order valence-corrected chi connectivity index (χ0v) is 14.0. The van der Waals surface area contributed by atoms with E-state index in [0.717, 1.165) is 35.4 Å². The molecular weight excluding hydrogens is 298 g/mol. The fourth-order valence-electron chi connectivity index (χ4n) is 2.81. The van der Waals surface area contributed by atoms with E-state index in [1.165, 1.54) is 0 Å². The van der Waals surface area contributed by atoms with E-state index in [4.69, 9.17) is 0 Å². The van der Waals surface area contributed by atoms with Gasteiger partial charge in [-0.2, -0.15) is 0 Å². The Morgan fingerprint density at radius 3 is 2.42 bits per heavy atom.